The van der Waals surface area contributed by atoms with Gasteiger partial charge in [-0.15, -0.1) is 0 Å². The number of morpholine rings is 1. The fourth-order valence-electron chi connectivity index (χ4n) is 3.51. The van der Waals surface area contributed by atoms with Crippen LogP contribution in [0.2, 0.25) is 0 Å². The van der Waals surface area contributed by atoms with E-state index in [2.05, 4.69) is 20.2 Å². The van der Waals surface area contributed by atoms with E-state index in [1.54, 1.807) is 6.07 Å². The number of nitrogens with zero attached hydrogens (tertiary/aromatic N) is 4. The molecule has 1 aliphatic heterocycles. The van der Waals surface area contributed by atoms with Crippen molar-refractivity contribution in [2.24, 2.45) is 0 Å². The zero-order chi connectivity index (χ0) is 20.9. The van der Waals surface area contributed by atoms with Crippen LogP contribution in [0.3, 0.4) is 0 Å². The highest BCUT2D eigenvalue weighted by Gasteiger charge is 2.19. The quantitative estimate of drug-likeness (QED) is 0.494. The fraction of sp³-hybridized carbons (Fsp3) is 0.381. The molecule has 1 saturated heterocycles. The molecule has 0 radical (unpaired) electrons. The minimum absolute atomic E-state index is 0.240. The lowest BCUT2D eigenvalue weighted by molar-refractivity contribution is 0.122. The smallest absolute Gasteiger partial charge is 0.330 e. The third kappa shape index (κ3) is 4.35. The largest absolute Gasteiger partial charge is 0.468 e. The minimum Gasteiger partial charge on any atom is -0.468 e. The first-order valence-corrected chi connectivity index (χ1v) is 9.93. The molecule has 0 bridgehead atoms. The Kier molecular flexibility index (Phi) is 6.08. The number of anilines is 1. The summed E-state index contributed by atoms with van der Waals surface area (Å²) in [5.74, 6) is -0.498. The van der Waals surface area contributed by atoms with Gasteiger partial charge >= 0.3 is 12.0 Å². The number of aromatic nitrogens is 3. The Balaban J connectivity index is 1.46. The van der Waals surface area contributed by atoms with Crippen molar-refractivity contribution in [1.82, 2.24) is 19.9 Å². The predicted octanol–water partition coefficient (Wildman–Crippen LogP) is 2.61. The van der Waals surface area contributed by atoms with Crippen LogP contribution in [-0.2, 0) is 11.2 Å². The zero-order valence-corrected chi connectivity index (χ0v) is 16.8. The number of aryl methyl sites for hydroxylation is 1. The van der Waals surface area contributed by atoms with Gasteiger partial charge in [0.2, 0.25) is 5.95 Å². The highest BCUT2D eigenvalue weighted by molar-refractivity contribution is 5.92. The van der Waals surface area contributed by atoms with E-state index in [1.165, 1.54) is 23.9 Å². The molecule has 2 aromatic heterocycles. The Morgan fingerprint density at radius 3 is 2.83 bits per heavy atom. The number of pyridine rings is 1. The first-order valence-electron chi connectivity index (χ1n) is 9.93. The number of imidazole rings is 1. The van der Waals surface area contributed by atoms with E-state index in [4.69, 9.17) is 9.47 Å². The van der Waals surface area contributed by atoms with E-state index in [9.17, 15) is 9.18 Å². The molecule has 1 amide bonds. The van der Waals surface area contributed by atoms with Crippen LogP contribution in [0.5, 0.6) is 6.01 Å². The van der Waals surface area contributed by atoms with Crippen LogP contribution in [0, 0.1) is 5.95 Å². The molecular weight excluding hydrogens is 389 g/mol. The summed E-state index contributed by atoms with van der Waals surface area (Å²) in [6.07, 6.45) is 2.90. The molecule has 0 atom stereocenters. The Morgan fingerprint density at radius 1 is 1.27 bits per heavy atom. The fourth-order valence-corrected chi connectivity index (χ4v) is 3.51. The zero-order valence-electron chi connectivity index (χ0n) is 16.8. The number of hydrogen-bond donors (Lipinski definition) is 1. The number of methoxy groups -OCH3 is 1. The summed E-state index contributed by atoms with van der Waals surface area (Å²) in [6, 6.07) is 8.83. The van der Waals surface area contributed by atoms with Crippen molar-refractivity contribution < 1.29 is 18.7 Å². The number of hydrogen-bond acceptors (Lipinski definition) is 6. The number of carbonyl (C=O) groups excluding carboxylic acids is 1. The van der Waals surface area contributed by atoms with Crippen molar-refractivity contribution in [1.29, 1.82) is 0 Å². The van der Waals surface area contributed by atoms with Gasteiger partial charge in [0.05, 0.1) is 31.4 Å². The van der Waals surface area contributed by atoms with Gasteiger partial charge in [-0.3, -0.25) is 0 Å². The standard InChI is InChI=1S/C21H24FN5O3/c1-29-21-25-17-6-5-16(26-9-11-30-12-10-26)13-18(17)27(21)20(28)23-8-2-3-15-4-7-19(22)24-14-15/h4-7,13-14H,2-3,8-12H2,1H3,(H,23,28). The van der Waals surface area contributed by atoms with Crippen LogP contribution in [-0.4, -0.2) is 60.5 Å². The Labute approximate surface area is 173 Å². The van der Waals surface area contributed by atoms with Crippen molar-refractivity contribution in [3.63, 3.8) is 0 Å². The van der Waals surface area contributed by atoms with Gasteiger partial charge in [-0.2, -0.15) is 9.37 Å². The first-order chi connectivity index (χ1) is 14.7. The summed E-state index contributed by atoms with van der Waals surface area (Å²) in [7, 11) is 1.50. The molecule has 9 heteroatoms. The van der Waals surface area contributed by atoms with Gasteiger partial charge in [-0.25, -0.2) is 14.3 Å². The molecule has 30 heavy (non-hydrogen) atoms. The normalized spacial score (nSPS) is 14.1. The second-order valence-electron chi connectivity index (χ2n) is 7.03. The number of halogens is 1. The van der Waals surface area contributed by atoms with Crippen molar-refractivity contribution in [2.75, 3.05) is 44.9 Å². The molecule has 0 aliphatic carbocycles. The van der Waals surface area contributed by atoms with Crippen LogP contribution in [0.15, 0.2) is 36.5 Å². The summed E-state index contributed by atoms with van der Waals surface area (Å²) in [4.78, 5) is 23.2. The lowest BCUT2D eigenvalue weighted by atomic mass is 10.1. The van der Waals surface area contributed by atoms with E-state index in [-0.39, 0.29) is 12.0 Å². The van der Waals surface area contributed by atoms with E-state index in [1.807, 2.05) is 18.2 Å². The third-order valence-electron chi connectivity index (χ3n) is 5.08. The summed E-state index contributed by atoms with van der Waals surface area (Å²) in [5, 5.41) is 2.91. The summed E-state index contributed by atoms with van der Waals surface area (Å²) in [6.45, 7) is 3.44. The summed E-state index contributed by atoms with van der Waals surface area (Å²) < 4.78 is 25.1. The van der Waals surface area contributed by atoms with Crippen molar-refractivity contribution >= 4 is 22.8 Å². The average molecular weight is 413 g/mol. The van der Waals surface area contributed by atoms with E-state index in [0.717, 1.165) is 24.3 Å². The molecule has 1 fully saturated rings. The number of benzene rings is 1. The van der Waals surface area contributed by atoms with Crippen LogP contribution < -0.4 is 15.0 Å². The molecule has 3 heterocycles. The predicted molar refractivity (Wildman–Crippen MR) is 111 cm³/mol. The number of fused-ring (bicyclic) bond motifs is 1. The van der Waals surface area contributed by atoms with Crippen LogP contribution in [0.1, 0.15) is 12.0 Å². The number of nitrogens with one attached hydrogen (secondary N) is 1. The van der Waals surface area contributed by atoms with E-state index in [0.29, 0.717) is 43.6 Å². The van der Waals surface area contributed by atoms with Gasteiger partial charge in [0, 0.05) is 31.5 Å². The number of amides is 1. The minimum atomic E-state index is -0.498. The van der Waals surface area contributed by atoms with Gasteiger partial charge in [0.1, 0.15) is 0 Å². The van der Waals surface area contributed by atoms with Gasteiger partial charge in [0.25, 0.3) is 0 Å². The second-order valence-corrected chi connectivity index (χ2v) is 7.03. The van der Waals surface area contributed by atoms with E-state index >= 15 is 0 Å². The van der Waals surface area contributed by atoms with Crippen LogP contribution >= 0.6 is 0 Å². The summed E-state index contributed by atoms with van der Waals surface area (Å²) in [5.41, 5.74) is 3.32. The third-order valence-corrected chi connectivity index (χ3v) is 5.08. The first kappa shape index (κ1) is 20.1. The summed E-state index contributed by atoms with van der Waals surface area (Å²) >= 11 is 0. The van der Waals surface area contributed by atoms with Gasteiger partial charge in [-0.1, -0.05) is 6.07 Å². The monoisotopic (exact) mass is 413 g/mol. The Hall–Kier alpha value is -3.20. The topological polar surface area (TPSA) is 81.5 Å². The van der Waals surface area contributed by atoms with Crippen LogP contribution in [0.4, 0.5) is 14.9 Å². The van der Waals surface area contributed by atoms with Crippen molar-refractivity contribution in [3.8, 4) is 6.01 Å². The molecule has 1 aromatic carbocycles. The average Bonchev–Trinajstić information content (AvgIpc) is 3.16. The van der Waals surface area contributed by atoms with Gasteiger partial charge < -0.3 is 19.7 Å². The lowest BCUT2D eigenvalue weighted by Gasteiger charge is -2.28. The molecule has 158 valence electrons. The SMILES string of the molecule is COc1nc2ccc(N3CCOCC3)cc2n1C(=O)NCCCc1ccc(F)nc1. The molecule has 8 nitrogen and oxygen atoms in total. The van der Waals surface area contributed by atoms with Crippen molar-refractivity contribution in [3.05, 3.63) is 48.0 Å². The molecule has 0 saturated carbocycles. The molecule has 3 aromatic rings. The van der Waals surface area contributed by atoms with Crippen LogP contribution in [0.25, 0.3) is 11.0 Å². The number of carbonyl (C=O) groups is 1. The maximum Gasteiger partial charge on any atom is 0.330 e. The van der Waals surface area contributed by atoms with E-state index < -0.39 is 5.95 Å². The Morgan fingerprint density at radius 2 is 2.10 bits per heavy atom. The highest BCUT2D eigenvalue weighted by Crippen LogP contribution is 2.26. The number of ether oxygens (including phenoxy) is 2. The number of rotatable bonds is 6. The molecule has 1 aliphatic rings. The molecule has 0 spiro atoms. The Bertz CT molecular complexity index is 1020. The maximum atomic E-state index is 12.9. The highest BCUT2D eigenvalue weighted by atomic mass is 19.1. The van der Waals surface area contributed by atoms with Gasteiger partial charge in [0.15, 0.2) is 0 Å². The molecule has 4 rings (SSSR count). The maximum absolute atomic E-state index is 12.9. The second kappa shape index (κ2) is 9.08. The molecule has 1 N–H and O–H groups in total. The lowest BCUT2D eigenvalue weighted by Crippen LogP contribution is -2.36. The van der Waals surface area contributed by atoms with Gasteiger partial charge in [-0.05, 0) is 42.7 Å². The van der Waals surface area contributed by atoms with Crippen molar-refractivity contribution in [2.45, 2.75) is 12.8 Å². The molecule has 0 unspecified atom stereocenters. The molecular formula is C21H24FN5O3.